The Bertz CT molecular complexity index is 264. The molecule has 0 aromatic rings. The fourth-order valence-electron chi connectivity index (χ4n) is 2.16. The minimum absolute atomic E-state index is 0.494. The maximum Gasteiger partial charge on any atom is 0.401 e. The minimum Gasteiger partial charge on any atom is -0.374 e. The molecule has 6 heteroatoms. The largest absolute Gasteiger partial charge is 0.401 e. The number of alkyl halides is 3. The molecule has 0 bridgehead atoms. The van der Waals surface area contributed by atoms with Gasteiger partial charge in [-0.05, 0) is 26.8 Å². The summed E-state index contributed by atoms with van der Waals surface area (Å²) >= 11 is 0. The average Bonchev–Trinajstić information content (AvgIpc) is 2.55. The molecule has 19 heavy (non-hydrogen) atoms. The van der Waals surface area contributed by atoms with Crippen molar-refractivity contribution in [1.29, 1.82) is 0 Å². The molecular formula is C13H26F3N3. The number of hydrogen-bond donors (Lipinski definition) is 1. The molecule has 1 heterocycles. The lowest BCUT2D eigenvalue weighted by molar-refractivity contribution is -0.145. The van der Waals surface area contributed by atoms with Gasteiger partial charge in [-0.25, -0.2) is 0 Å². The molecule has 1 aliphatic rings. The van der Waals surface area contributed by atoms with Crippen LogP contribution in [0, 0.1) is 0 Å². The zero-order chi connectivity index (χ0) is 14.9. The van der Waals surface area contributed by atoms with Crippen LogP contribution in [0.15, 0.2) is 11.8 Å². The van der Waals surface area contributed by atoms with Crippen molar-refractivity contribution in [1.82, 2.24) is 9.80 Å². The third-order valence-corrected chi connectivity index (χ3v) is 2.99. The summed E-state index contributed by atoms with van der Waals surface area (Å²) in [6.07, 6.45) is -0.192. The summed E-state index contributed by atoms with van der Waals surface area (Å²) in [6, 6.07) is 0. The van der Waals surface area contributed by atoms with Gasteiger partial charge in [-0.2, -0.15) is 13.2 Å². The first-order valence-corrected chi connectivity index (χ1v) is 6.71. The van der Waals surface area contributed by atoms with Crippen LogP contribution in [0.4, 0.5) is 13.2 Å². The highest BCUT2D eigenvalue weighted by molar-refractivity contribution is 4.98. The zero-order valence-corrected chi connectivity index (χ0v) is 12.1. The Labute approximate surface area is 114 Å². The van der Waals surface area contributed by atoms with E-state index in [2.05, 4.69) is 23.6 Å². The highest BCUT2D eigenvalue weighted by atomic mass is 19.4. The van der Waals surface area contributed by atoms with Crippen molar-refractivity contribution in [3.63, 3.8) is 0 Å². The van der Waals surface area contributed by atoms with E-state index in [1.54, 1.807) is 0 Å². The monoisotopic (exact) mass is 281 g/mol. The maximum atomic E-state index is 12.3. The van der Waals surface area contributed by atoms with Crippen LogP contribution in [0.1, 0.15) is 26.7 Å². The van der Waals surface area contributed by atoms with E-state index in [1.165, 1.54) is 17.6 Å². The third kappa shape index (κ3) is 8.10. The van der Waals surface area contributed by atoms with E-state index in [-0.39, 0.29) is 0 Å². The molecule has 114 valence electrons. The Kier molecular flexibility index (Phi) is 8.84. The Morgan fingerprint density at radius 1 is 1.16 bits per heavy atom. The molecule has 0 aromatic heterocycles. The smallest absolute Gasteiger partial charge is 0.374 e. The van der Waals surface area contributed by atoms with E-state index in [0.717, 1.165) is 19.4 Å². The second kappa shape index (κ2) is 9.20. The number of rotatable bonds is 3. The van der Waals surface area contributed by atoms with Gasteiger partial charge in [0.05, 0.1) is 6.54 Å². The molecule has 0 radical (unpaired) electrons. The highest BCUT2D eigenvalue weighted by Gasteiger charge is 2.31. The summed E-state index contributed by atoms with van der Waals surface area (Å²) in [4.78, 5) is 3.68. The van der Waals surface area contributed by atoms with Gasteiger partial charge in [0.25, 0.3) is 0 Å². The molecule has 2 N–H and O–H groups in total. The molecule has 0 spiro atoms. The van der Waals surface area contributed by atoms with E-state index in [1.807, 2.05) is 6.92 Å². The van der Waals surface area contributed by atoms with Crippen molar-refractivity contribution >= 4 is 0 Å². The predicted octanol–water partition coefficient (Wildman–Crippen LogP) is 2.45. The normalized spacial score (nSPS) is 18.7. The van der Waals surface area contributed by atoms with Crippen LogP contribution >= 0.6 is 0 Å². The summed E-state index contributed by atoms with van der Waals surface area (Å²) in [5.41, 5.74) is 5.68. The van der Waals surface area contributed by atoms with Crippen LogP contribution in [0.25, 0.3) is 0 Å². The van der Waals surface area contributed by atoms with Crippen molar-refractivity contribution in [2.45, 2.75) is 32.9 Å². The van der Waals surface area contributed by atoms with Crippen molar-refractivity contribution < 1.29 is 13.2 Å². The van der Waals surface area contributed by atoms with Gasteiger partial charge in [0.1, 0.15) is 0 Å². The molecule has 0 aliphatic carbocycles. The molecule has 0 unspecified atom stereocenters. The van der Waals surface area contributed by atoms with Gasteiger partial charge in [-0.1, -0.05) is 13.0 Å². The van der Waals surface area contributed by atoms with Gasteiger partial charge in [-0.3, -0.25) is 4.90 Å². The Morgan fingerprint density at radius 2 is 1.79 bits per heavy atom. The average molecular weight is 281 g/mol. The number of halogens is 3. The summed E-state index contributed by atoms with van der Waals surface area (Å²) in [7, 11) is 1.50. The summed E-state index contributed by atoms with van der Waals surface area (Å²) in [6.45, 7) is 5.90. The molecule has 0 atom stereocenters. The van der Waals surface area contributed by atoms with Gasteiger partial charge in [0, 0.05) is 31.9 Å². The van der Waals surface area contributed by atoms with E-state index < -0.39 is 12.7 Å². The first-order valence-electron chi connectivity index (χ1n) is 6.71. The Morgan fingerprint density at radius 3 is 2.32 bits per heavy atom. The highest BCUT2D eigenvalue weighted by Crippen LogP contribution is 2.18. The van der Waals surface area contributed by atoms with Gasteiger partial charge in [0.15, 0.2) is 0 Å². The van der Waals surface area contributed by atoms with Crippen LogP contribution in [0.3, 0.4) is 0 Å². The van der Waals surface area contributed by atoms with Crippen molar-refractivity contribution in [3.8, 4) is 0 Å². The van der Waals surface area contributed by atoms with Crippen molar-refractivity contribution in [2.75, 3.05) is 39.8 Å². The van der Waals surface area contributed by atoms with E-state index in [0.29, 0.717) is 19.6 Å². The topological polar surface area (TPSA) is 32.5 Å². The lowest BCUT2D eigenvalue weighted by Crippen LogP contribution is -2.37. The van der Waals surface area contributed by atoms with Crippen LogP contribution in [0.5, 0.6) is 0 Å². The number of nitrogens with two attached hydrogens (primary N) is 1. The van der Waals surface area contributed by atoms with E-state index in [4.69, 9.17) is 0 Å². The van der Waals surface area contributed by atoms with Crippen LogP contribution in [-0.4, -0.2) is 55.7 Å². The molecule has 0 saturated carbocycles. The van der Waals surface area contributed by atoms with Crippen LogP contribution in [0.2, 0.25) is 0 Å². The van der Waals surface area contributed by atoms with Gasteiger partial charge < -0.3 is 10.6 Å². The molecular weight excluding hydrogens is 255 g/mol. The molecule has 0 amide bonds. The quantitative estimate of drug-likeness (QED) is 0.862. The maximum absolute atomic E-state index is 12.3. The standard InChI is InChI=1S/C12H21F3N2.CH5N/c1-3-5-11(2)17-7-4-6-16(8-9-17)10-12(13,14)15;1-2/h5H,3-4,6-10H2,1-2H3;2H2,1H3/b11-5+;. The lowest BCUT2D eigenvalue weighted by atomic mass is 10.3. The first kappa shape index (κ1) is 18.2. The number of hydrogen-bond acceptors (Lipinski definition) is 3. The second-order valence-electron chi connectivity index (χ2n) is 4.49. The fraction of sp³-hybridized carbons (Fsp3) is 0.846. The summed E-state index contributed by atoms with van der Waals surface area (Å²) < 4.78 is 36.8. The first-order chi connectivity index (χ1) is 8.92. The third-order valence-electron chi connectivity index (χ3n) is 2.99. The fourth-order valence-corrected chi connectivity index (χ4v) is 2.16. The molecule has 1 saturated heterocycles. The molecule has 1 rings (SSSR count). The van der Waals surface area contributed by atoms with Gasteiger partial charge in [0.2, 0.25) is 0 Å². The van der Waals surface area contributed by atoms with Gasteiger partial charge in [-0.15, -0.1) is 0 Å². The molecule has 3 nitrogen and oxygen atoms in total. The van der Waals surface area contributed by atoms with Crippen LogP contribution < -0.4 is 5.73 Å². The molecule has 1 aliphatic heterocycles. The zero-order valence-electron chi connectivity index (χ0n) is 12.1. The van der Waals surface area contributed by atoms with E-state index in [9.17, 15) is 13.2 Å². The Balaban J connectivity index is 0.00000154. The van der Waals surface area contributed by atoms with Crippen LogP contribution in [-0.2, 0) is 0 Å². The lowest BCUT2D eigenvalue weighted by Gasteiger charge is -2.24. The minimum atomic E-state index is -4.08. The SMILES string of the molecule is CC/C=C(\C)N1CCCN(CC(F)(F)F)CC1.CN. The second-order valence-corrected chi connectivity index (χ2v) is 4.49. The number of allylic oxidation sites excluding steroid dienone is 2. The van der Waals surface area contributed by atoms with Crippen molar-refractivity contribution in [3.05, 3.63) is 11.8 Å². The van der Waals surface area contributed by atoms with E-state index >= 15 is 0 Å². The molecule has 1 fully saturated rings. The molecule has 0 aromatic carbocycles. The predicted molar refractivity (Wildman–Crippen MR) is 72.8 cm³/mol. The number of nitrogens with zero attached hydrogens (tertiary/aromatic N) is 2. The Hall–Kier alpha value is -0.750. The van der Waals surface area contributed by atoms with Gasteiger partial charge >= 0.3 is 6.18 Å². The summed E-state index contributed by atoms with van der Waals surface area (Å²) in [5.74, 6) is 0. The summed E-state index contributed by atoms with van der Waals surface area (Å²) in [5, 5.41) is 0. The van der Waals surface area contributed by atoms with Crippen molar-refractivity contribution in [2.24, 2.45) is 5.73 Å².